The van der Waals surface area contributed by atoms with Gasteiger partial charge in [0.1, 0.15) is 5.75 Å². The number of rotatable bonds is 2. The van der Waals surface area contributed by atoms with E-state index in [1.807, 2.05) is 43.3 Å². The molecule has 0 saturated carbocycles. The first-order valence-electron chi connectivity index (χ1n) is 5.33. The van der Waals surface area contributed by atoms with Crippen LogP contribution in [-0.4, -0.2) is 12.1 Å². The summed E-state index contributed by atoms with van der Waals surface area (Å²) < 4.78 is 5.19. The van der Waals surface area contributed by atoms with Crippen molar-refractivity contribution in [1.82, 2.24) is 4.98 Å². The van der Waals surface area contributed by atoms with Gasteiger partial charge in [-0.05, 0) is 31.2 Å². The van der Waals surface area contributed by atoms with Gasteiger partial charge in [0.05, 0.1) is 18.5 Å². The van der Waals surface area contributed by atoms with Crippen LogP contribution in [-0.2, 0) is 0 Å². The molecule has 1 aromatic heterocycles. The van der Waals surface area contributed by atoms with Crippen molar-refractivity contribution >= 4 is 0 Å². The highest BCUT2D eigenvalue weighted by molar-refractivity contribution is 5.62. The van der Waals surface area contributed by atoms with E-state index in [0.717, 1.165) is 28.3 Å². The molecule has 0 amide bonds. The number of terminal acetylenes is 1. The van der Waals surface area contributed by atoms with Crippen molar-refractivity contribution in [2.24, 2.45) is 0 Å². The van der Waals surface area contributed by atoms with E-state index in [1.54, 1.807) is 7.11 Å². The fraction of sp³-hybridized carbons (Fsp3) is 0.133. The molecule has 17 heavy (non-hydrogen) atoms. The zero-order chi connectivity index (χ0) is 12.3. The molecule has 2 aromatic rings. The van der Waals surface area contributed by atoms with Gasteiger partial charge in [-0.3, -0.25) is 4.98 Å². The number of methoxy groups -OCH3 is 1. The third kappa shape index (κ3) is 2.29. The van der Waals surface area contributed by atoms with Gasteiger partial charge >= 0.3 is 0 Å². The van der Waals surface area contributed by atoms with E-state index < -0.39 is 0 Å². The molecule has 0 N–H and O–H groups in total. The SMILES string of the molecule is C#Cc1ccc(-c2cccc(OC)c2)nc1C. The molecule has 2 nitrogen and oxygen atoms in total. The summed E-state index contributed by atoms with van der Waals surface area (Å²) in [5.74, 6) is 3.43. The molecular formula is C15H13NO. The lowest BCUT2D eigenvalue weighted by Crippen LogP contribution is -1.91. The standard InChI is InChI=1S/C15H13NO/c1-4-12-8-9-15(16-11(12)2)13-6-5-7-14(10-13)17-3/h1,5-10H,2-3H3. The van der Waals surface area contributed by atoms with Crippen molar-refractivity contribution < 1.29 is 4.74 Å². The summed E-state index contributed by atoms with van der Waals surface area (Å²) in [6.45, 7) is 1.92. The molecule has 2 heteroatoms. The normalized spacial score (nSPS) is 9.71. The molecule has 0 atom stereocenters. The quantitative estimate of drug-likeness (QED) is 0.730. The van der Waals surface area contributed by atoms with Crippen molar-refractivity contribution in [1.29, 1.82) is 0 Å². The first-order chi connectivity index (χ1) is 8.24. The number of ether oxygens (including phenoxy) is 1. The Morgan fingerprint density at radius 1 is 1.24 bits per heavy atom. The highest BCUT2D eigenvalue weighted by Crippen LogP contribution is 2.22. The minimum absolute atomic E-state index is 0.822. The highest BCUT2D eigenvalue weighted by atomic mass is 16.5. The largest absolute Gasteiger partial charge is 0.497 e. The maximum Gasteiger partial charge on any atom is 0.119 e. The van der Waals surface area contributed by atoms with Crippen LogP contribution in [0.15, 0.2) is 36.4 Å². The van der Waals surface area contributed by atoms with Gasteiger partial charge in [0.2, 0.25) is 0 Å². The van der Waals surface area contributed by atoms with E-state index in [-0.39, 0.29) is 0 Å². The fourth-order valence-corrected chi connectivity index (χ4v) is 1.66. The van der Waals surface area contributed by atoms with Crippen molar-refractivity contribution in [3.05, 3.63) is 47.7 Å². The van der Waals surface area contributed by atoms with Crippen LogP contribution in [0.2, 0.25) is 0 Å². The molecule has 0 spiro atoms. The summed E-state index contributed by atoms with van der Waals surface area (Å²) in [7, 11) is 1.65. The lowest BCUT2D eigenvalue weighted by molar-refractivity contribution is 0.415. The van der Waals surface area contributed by atoms with Crippen LogP contribution in [0.1, 0.15) is 11.3 Å². The smallest absolute Gasteiger partial charge is 0.119 e. The number of hydrogen-bond donors (Lipinski definition) is 0. The summed E-state index contributed by atoms with van der Waals surface area (Å²) in [5, 5.41) is 0. The maximum absolute atomic E-state index is 5.38. The molecule has 0 bridgehead atoms. The van der Waals surface area contributed by atoms with Crippen LogP contribution < -0.4 is 4.74 Å². The fourth-order valence-electron chi connectivity index (χ4n) is 1.66. The van der Waals surface area contributed by atoms with Crippen molar-refractivity contribution in [2.45, 2.75) is 6.92 Å². The number of aryl methyl sites for hydroxylation is 1. The van der Waals surface area contributed by atoms with E-state index in [2.05, 4.69) is 10.9 Å². The highest BCUT2D eigenvalue weighted by Gasteiger charge is 2.03. The van der Waals surface area contributed by atoms with Gasteiger partial charge in [-0.25, -0.2) is 0 Å². The second-order valence-corrected chi connectivity index (χ2v) is 3.71. The Kier molecular flexibility index (Phi) is 3.11. The molecule has 0 fully saturated rings. The minimum atomic E-state index is 0.822. The number of pyridine rings is 1. The Morgan fingerprint density at radius 2 is 2.06 bits per heavy atom. The number of benzene rings is 1. The molecule has 1 aromatic carbocycles. The predicted molar refractivity (Wildman–Crippen MR) is 68.9 cm³/mol. The van der Waals surface area contributed by atoms with Gasteiger partial charge in [0, 0.05) is 11.1 Å². The summed E-state index contributed by atoms with van der Waals surface area (Å²) >= 11 is 0. The molecule has 1 heterocycles. The van der Waals surface area contributed by atoms with E-state index in [4.69, 9.17) is 11.2 Å². The molecule has 0 aliphatic carbocycles. The Balaban J connectivity index is 2.46. The average Bonchev–Trinajstić information content (AvgIpc) is 2.38. The summed E-state index contributed by atoms with van der Waals surface area (Å²) in [6.07, 6.45) is 5.38. The van der Waals surface area contributed by atoms with E-state index in [1.165, 1.54) is 0 Å². The Bertz CT molecular complexity index is 582. The summed E-state index contributed by atoms with van der Waals surface area (Å²) in [4.78, 5) is 4.49. The lowest BCUT2D eigenvalue weighted by atomic mass is 10.1. The van der Waals surface area contributed by atoms with Gasteiger partial charge < -0.3 is 4.74 Å². The van der Waals surface area contributed by atoms with Crippen molar-refractivity contribution in [3.8, 4) is 29.4 Å². The number of nitrogens with zero attached hydrogens (tertiary/aromatic N) is 1. The van der Waals surface area contributed by atoms with E-state index in [0.29, 0.717) is 0 Å². The zero-order valence-electron chi connectivity index (χ0n) is 9.90. The zero-order valence-corrected chi connectivity index (χ0v) is 9.90. The van der Waals surface area contributed by atoms with Crippen molar-refractivity contribution in [3.63, 3.8) is 0 Å². The topological polar surface area (TPSA) is 22.1 Å². The van der Waals surface area contributed by atoms with Gasteiger partial charge in [-0.1, -0.05) is 18.1 Å². The maximum atomic E-state index is 5.38. The molecule has 0 aliphatic heterocycles. The third-order valence-corrected chi connectivity index (χ3v) is 2.61. The summed E-state index contributed by atoms with van der Waals surface area (Å²) in [6, 6.07) is 11.7. The molecule has 2 rings (SSSR count). The Labute approximate surface area is 101 Å². The number of hydrogen-bond acceptors (Lipinski definition) is 2. The molecule has 0 radical (unpaired) electrons. The molecule has 84 valence electrons. The van der Waals surface area contributed by atoms with Gasteiger partial charge in [-0.2, -0.15) is 0 Å². The second-order valence-electron chi connectivity index (χ2n) is 3.71. The van der Waals surface area contributed by atoms with Gasteiger partial charge in [0.15, 0.2) is 0 Å². The first-order valence-corrected chi connectivity index (χ1v) is 5.33. The monoisotopic (exact) mass is 223 g/mol. The lowest BCUT2D eigenvalue weighted by Gasteiger charge is -2.06. The summed E-state index contributed by atoms with van der Waals surface area (Å²) in [5.41, 5.74) is 3.63. The molecule has 0 unspecified atom stereocenters. The van der Waals surface area contributed by atoms with Crippen molar-refractivity contribution in [2.75, 3.05) is 7.11 Å². The van der Waals surface area contributed by atoms with E-state index in [9.17, 15) is 0 Å². The van der Waals surface area contributed by atoms with Crippen LogP contribution in [0, 0.1) is 19.3 Å². The number of aromatic nitrogens is 1. The second kappa shape index (κ2) is 4.71. The average molecular weight is 223 g/mol. The van der Waals surface area contributed by atoms with E-state index >= 15 is 0 Å². The molecular weight excluding hydrogens is 210 g/mol. The Hall–Kier alpha value is -2.27. The third-order valence-electron chi connectivity index (χ3n) is 2.61. The molecule has 0 saturated heterocycles. The van der Waals surface area contributed by atoms with Crippen LogP contribution in [0.3, 0.4) is 0 Å². The van der Waals surface area contributed by atoms with Crippen LogP contribution in [0.4, 0.5) is 0 Å². The van der Waals surface area contributed by atoms with Crippen LogP contribution >= 0.6 is 0 Å². The van der Waals surface area contributed by atoms with Gasteiger partial charge in [0.25, 0.3) is 0 Å². The van der Waals surface area contributed by atoms with Crippen LogP contribution in [0.5, 0.6) is 5.75 Å². The molecule has 0 aliphatic rings. The Morgan fingerprint density at radius 3 is 2.71 bits per heavy atom. The predicted octanol–water partition coefficient (Wildman–Crippen LogP) is 3.05. The van der Waals surface area contributed by atoms with Crippen LogP contribution in [0.25, 0.3) is 11.3 Å². The minimum Gasteiger partial charge on any atom is -0.497 e. The first kappa shape index (κ1) is 11.2. The van der Waals surface area contributed by atoms with Gasteiger partial charge in [-0.15, -0.1) is 6.42 Å².